The Labute approximate surface area is 339 Å². The predicted molar refractivity (Wildman–Crippen MR) is 211 cm³/mol. The van der Waals surface area contributed by atoms with Crippen LogP contribution in [0.4, 0.5) is 27.8 Å². The highest BCUT2D eigenvalue weighted by molar-refractivity contribution is 14.1. The van der Waals surface area contributed by atoms with E-state index in [1.54, 1.807) is 31.3 Å². The van der Waals surface area contributed by atoms with Crippen molar-refractivity contribution in [2.24, 2.45) is 7.05 Å². The van der Waals surface area contributed by atoms with Gasteiger partial charge >= 0.3 is 0 Å². The molecule has 0 aliphatic heterocycles. The number of nitrogens with one attached hydrogen (secondary N) is 2. The Morgan fingerprint density at radius 2 is 1.89 bits per heavy atom. The molecule has 2 aliphatic rings. The second-order valence-electron chi connectivity index (χ2n) is 14.6. The van der Waals surface area contributed by atoms with Crippen LogP contribution in [0.25, 0.3) is 22.0 Å². The Kier molecular flexibility index (Phi) is 11.6. The molecule has 1 aromatic carbocycles. The number of nitrogens with zero attached hydrogens (tertiary/aromatic N) is 5. The van der Waals surface area contributed by atoms with Crippen molar-refractivity contribution in [3.05, 3.63) is 76.2 Å². The lowest BCUT2D eigenvalue weighted by atomic mass is 9.90. The first-order chi connectivity index (χ1) is 26.5. The van der Waals surface area contributed by atoms with E-state index in [2.05, 4.69) is 32.1 Å². The standard InChI is InChI=1S/C38H39F5IN7O5S/c1-19-17-38(42,43)34-29(19)32(35(41)44)47-51(34)18-28(52)46-26(15-20-13-21(39)16-22(40)14-20)31-24(8-7-23(45-31)11-12-37(2,3)53)25-9-10-27(56-5)30-33(25)50(4)48-36(30)49-57(6,54)55/h7-10,13,16,19,22,26,35,53H,14-15,17-18H2,1-6H3,(H,46,52)(H,48,49)/t19-,22?,26-,35?/m0/s1. The fourth-order valence-corrected chi connectivity index (χ4v) is 8.24. The molecule has 0 radical (unpaired) electrons. The van der Waals surface area contributed by atoms with Crippen molar-refractivity contribution in [1.82, 2.24) is 29.9 Å². The Balaban J connectivity index is 1.54. The van der Waals surface area contributed by atoms with Crippen molar-refractivity contribution < 1.29 is 45.0 Å². The molecule has 2 unspecified atom stereocenters. The number of aryl methyl sites for hydroxylation is 1. The van der Waals surface area contributed by atoms with Gasteiger partial charge in [0.15, 0.2) is 10.00 Å². The number of carbonyl (C=O) groups is 1. The second-order valence-corrected chi connectivity index (χ2v) is 17.5. The van der Waals surface area contributed by atoms with E-state index in [0.717, 1.165) is 23.1 Å². The smallest absolute Gasteiger partial charge is 0.290 e. The lowest BCUT2D eigenvalue weighted by molar-refractivity contribution is -0.122. The molecular formula is C38H39F5IN7O5S. The minimum Gasteiger partial charge on any atom is -0.496 e. The lowest BCUT2D eigenvalue weighted by Gasteiger charge is -2.25. The molecule has 4 aromatic rings. The monoisotopic (exact) mass is 927 g/mol. The van der Waals surface area contributed by atoms with E-state index in [1.807, 2.05) is 0 Å². The fourth-order valence-electron chi connectivity index (χ4n) is 7.28. The summed E-state index contributed by atoms with van der Waals surface area (Å²) in [6.07, 6.45) is 0.215. The minimum absolute atomic E-state index is 0.0383. The van der Waals surface area contributed by atoms with Crippen molar-refractivity contribution in [1.29, 1.82) is 0 Å². The van der Waals surface area contributed by atoms with Gasteiger partial charge in [-0.05, 0) is 91.1 Å². The van der Waals surface area contributed by atoms with Crippen molar-refractivity contribution in [2.45, 2.75) is 80.4 Å². The van der Waals surface area contributed by atoms with Gasteiger partial charge in [0.25, 0.3) is 5.92 Å². The summed E-state index contributed by atoms with van der Waals surface area (Å²) in [5.74, 6) is -0.0812. The zero-order chi connectivity index (χ0) is 41.8. The number of anilines is 1. The van der Waals surface area contributed by atoms with Crippen molar-refractivity contribution >= 4 is 55.2 Å². The molecule has 0 spiro atoms. The topological polar surface area (TPSA) is 153 Å². The number of hydrogen-bond acceptors (Lipinski definition) is 8. The Bertz CT molecular complexity index is 2500. The number of sulfonamides is 1. The Morgan fingerprint density at radius 3 is 2.53 bits per heavy atom. The molecule has 19 heteroatoms. The van der Waals surface area contributed by atoms with E-state index >= 15 is 8.78 Å². The summed E-state index contributed by atoms with van der Waals surface area (Å²) in [7, 11) is -0.843. The predicted octanol–water partition coefficient (Wildman–Crippen LogP) is 7.11. The number of hydrogen-bond donors (Lipinski definition) is 3. The third kappa shape index (κ3) is 9.12. The van der Waals surface area contributed by atoms with Crippen LogP contribution in [0.3, 0.4) is 0 Å². The first-order valence-electron chi connectivity index (χ1n) is 17.6. The van der Waals surface area contributed by atoms with Gasteiger partial charge in [0.1, 0.15) is 47.0 Å². The largest absolute Gasteiger partial charge is 0.496 e. The zero-order valence-corrected chi connectivity index (χ0v) is 34.6. The maximum atomic E-state index is 15.3. The number of amides is 1. The van der Waals surface area contributed by atoms with Gasteiger partial charge in [0.2, 0.25) is 15.9 Å². The molecule has 0 fully saturated rings. The van der Waals surface area contributed by atoms with Crippen molar-refractivity contribution in [2.75, 3.05) is 18.1 Å². The number of aromatic nitrogens is 5. The molecule has 0 saturated heterocycles. The molecule has 4 atom stereocenters. The van der Waals surface area contributed by atoms with Gasteiger partial charge in [-0.15, -0.1) is 0 Å². The van der Waals surface area contributed by atoms with Crippen LogP contribution in [0.1, 0.15) is 84.5 Å². The maximum absolute atomic E-state index is 15.3. The number of methoxy groups -OCH3 is 1. The van der Waals surface area contributed by atoms with Gasteiger partial charge in [0, 0.05) is 36.6 Å². The van der Waals surface area contributed by atoms with Crippen LogP contribution >= 0.6 is 22.6 Å². The molecule has 6 rings (SSSR count). The summed E-state index contributed by atoms with van der Waals surface area (Å²) in [5.41, 5.74) is -0.521. The van der Waals surface area contributed by atoms with E-state index in [9.17, 15) is 31.5 Å². The summed E-state index contributed by atoms with van der Waals surface area (Å²) in [4.78, 5) is 18.8. The molecule has 0 saturated carbocycles. The number of carbonyl (C=O) groups excluding carboxylic acids is 1. The highest BCUT2D eigenvalue weighted by Crippen LogP contribution is 2.51. The van der Waals surface area contributed by atoms with Crippen LogP contribution < -0.4 is 14.8 Å². The first kappa shape index (κ1) is 42.1. The number of pyridine rings is 1. The zero-order valence-electron chi connectivity index (χ0n) is 31.6. The van der Waals surface area contributed by atoms with Crippen LogP contribution in [0.2, 0.25) is 0 Å². The van der Waals surface area contributed by atoms with E-state index in [1.165, 1.54) is 55.2 Å². The molecule has 3 aromatic heterocycles. The number of halogens is 6. The third-order valence-electron chi connectivity index (χ3n) is 9.35. The van der Waals surface area contributed by atoms with Gasteiger partial charge in [-0.2, -0.15) is 19.0 Å². The number of benzene rings is 1. The van der Waals surface area contributed by atoms with E-state index in [4.69, 9.17) is 9.72 Å². The van der Waals surface area contributed by atoms with Gasteiger partial charge in [-0.3, -0.25) is 18.9 Å². The third-order valence-corrected chi connectivity index (χ3v) is 10.5. The average Bonchev–Trinajstić information content (AvgIpc) is 3.71. The summed E-state index contributed by atoms with van der Waals surface area (Å²) < 4.78 is 108. The Hall–Kier alpha value is -4.55. The number of alkyl halides is 5. The Morgan fingerprint density at radius 1 is 1.19 bits per heavy atom. The molecule has 3 heterocycles. The molecular weight excluding hydrogens is 888 g/mol. The van der Waals surface area contributed by atoms with Crippen molar-refractivity contribution in [3.8, 4) is 28.7 Å². The number of ether oxygens (including phenoxy) is 1. The quantitative estimate of drug-likeness (QED) is 0.0624. The molecule has 3 N–H and O–H groups in total. The molecule has 12 nitrogen and oxygen atoms in total. The highest BCUT2D eigenvalue weighted by atomic mass is 127. The summed E-state index contributed by atoms with van der Waals surface area (Å²) >= 11 is 1.43. The molecule has 2 aliphatic carbocycles. The van der Waals surface area contributed by atoms with Gasteiger partial charge in [-0.1, -0.05) is 18.4 Å². The summed E-state index contributed by atoms with van der Waals surface area (Å²) in [6.45, 7) is 3.71. The number of aliphatic hydroxyl groups is 1. The summed E-state index contributed by atoms with van der Waals surface area (Å²) in [5, 5.41) is 21.9. The van der Waals surface area contributed by atoms with Crippen LogP contribution in [0.15, 0.2) is 47.8 Å². The van der Waals surface area contributed by atoms with Crippen LogP contribution in [0, 0.1) is 11.8 Å². The van der Waals surface area contributed by atoms with Crippen molar-refractivity contribution in [3.63, 3.8) is 0 Å². The molecule has 1 amide bonds. The lowest BCUT2D eigenvalue weighted by Crippen LogP contribution is -2.34. The number of rotatable bonds is 11. The van der Waals surface area contributed by atoms with Gasteiger partial charge in [-0.25, -0.2) is 26.6 Å². The number of allylic oxidation sites excluding steroid dienone is 3. The van der Waals surface area contributed by atoms with Gasteiger partial charge in [0.05, 0.1) is 36.0 Å². The molecule has 57 heavy (non-hydrogen) atoms. The van der Waals surface area contributed by atoms with Crippen LogP contribution in [0.5, 0.6) is 5.75 Å². The molecule has 0 bridgehead atoms. The van der Waals surface area contributed by atoms with E-state index in [-0.39, 0.29) is 58.0 Å². The fraction of sp³-hybridized carbons (Fsp3) is 0.421. The highest BCUT2D eigenvalue weighted by Gasteiger charge is 2.49. The van der Waals surface area contributed by atoms with E-state index < -0.39 is 74.3 Å². The maximum Gasteiger partial charge on any atom is 0.290 e. The first-order valence-corrected chi connectivity index (χ1v) is 20.7. The minimum atomic E-state index is -3.81. The molecule has 304 valence electrons. The number of fused-ring (bicyclic) bond motifs is 2. The van der Waals surface area contributed by atoms with Crippen LogP contribution in [-0.4, -0.2) is 69.1 Å². The SMILES string of the molecule is COc1ccc(-c2ccc(C#CC(C)(C)O)nc2[C@H](CC2=CC(F)=CC(F)C2)NC(=O)Cn2nc(C(F)I)c3c2C(F)(F)C[C@@H]3C)c2c1c(NS(C)(=O)=O)nn2C. The summed E-state index contributed by atoms with van der Waals surface area (Å²) in [6, 6.07) is 5.20. The van der Waals surface area contributed by atoms with E-state index in [0.29, 0.717) is 16.6 Å². The normalized spacial score (nSPS) is 18.9. The average molecular weight is 928 g/mol. The second kappa shape index (κ2) is 15.7. The van der Waals surface area contributed by atoms with Crippen LogP contribution in [-0.2, 0) is 34.3 Å². The van der Waals surface area contributed by atoms with Gasteiger partial charge < -0.3 is 15.2 Å².